The van der Waals surface area contributed by atoms with E-state index in [1.807, 2.05) is 6.92 Å². The number of benzene rings is 1. The Labute approximate surface area is 97.5 Å². The summed E-state index contributed by atoms with van der Waals surface area (Å²) >= 11 is 3.34. The van der Waals surface area contributed by atoms with Gasteiger partial charge in [0.2, 0.25) is 0 Å². The van der Waals surface area contributed by atoms with Crippen LogP contribution >= 0.6 is 15.9 Å². The molecule has 0 N–H and O–H groups in total. The van der Waals surface area contributed by atoms with E-state index in [-0.39, 0.29) is 5.97 Å². The molecule has 0 saturated carbocycles. The highest BCUT2D eigenvalue weighted by atomic mass is 79.9. The molecule has 0 aromatic heterocycles. The first-order chi connectivity index (χ1) is 7.10. The van der Waals surface area contributed by atoms with Gasteiger partial charge in [0.05, 0.1) is 23.8 Å². The van der Waals surface area contributed by atoms with Crippen molar-refractivity contribution in [1.29, 1.82) is 0 Å². The van der Waals surface area contributed by atoms with Crippen LogP contribution in [0.1, 0.15) is 22.8 Å². The molecule has 0 bridgehead atoms. The minimum absolute atomic E-state index is 0.316. The van der Waals surface area contributed by atoms with Crippen molar-refractivity contribution in [3.8, 4) is 5.75 Å². The number of aryl methyl sites for hydroxylation is 1. The van der Waals surface area contributed by atoms with Crippen LogP contribution in [-0.2, 0) is 4.74 Å². The summed E-state index contributed by atoms with van der Waals surface area (Å²) in [4.78, 5) is 11.5. The van der Waals surface area contributed by atoms with E-state index in [1.165, 1.54) is 0 Å². The topological polar surface area (TPSA) is 35.5 Å². The van der Waals surface area contributed by atoms with Gasteiger partial charge in [-0.2, -0.15) is 0 Å². The number of carbonyl (C=O) groups excluding carboxylic acids is 1. The average Bonchev–Trinajstić information content (AvgIpc) is 2.17. The van der Waals surface area contributed by atoms with Crippen LogP contribution < -0.4 is 4.74 Å². The highest BCUT2D eigenvalue weighted by Crippen LogP contribution is 2.30. The van der Waals surface area contributed by atoms with E-state index in [0.29, 0.717) is 12.2 Å². The molecule has 0 radical (unpaired) electrons. The molecule has 0 aliphatic heterocycles. The van der Waals surface area contributed by atoms with E-state index in [9.17, 15) is 4.79 Å². The molecule has 0 saturated heterocycles. The van der Waals surface area contributed by atoms with Crippen LogP contribution in [0.25, 0.3) is 0 Å². The average molecular weight is 273 g/mol. The molecule has 0 fully saturated rings. The van der Waals surface area contributed by atoms with Crippen LogP contribution in [0.5, 0.6) is 5.75 Å². The third-order valence-corrected chi connectivity index (χ3v) is 2.53. The number of carbonyl (C=O) groups is 1. The number of rotatable bonds is 3. The SMILES string of the molecule is CCOC(=O)c1cc(C)c(OC)c(Br)c1. The molecular formula is C11H13BrO3. The zero-order valence-corrected chi connectivity index (χ0v) is 10.6. The van der Waals surface area contributed by atoms with Gasteiger partial charge in [0, 0.05) is 0 Å². The Morgan fingerprint density at radius 2 is 2.13 bits per heavy atom. The maximum Gasteiger partial charge on any atom is 0.338 e. The summed E-state index contributed by atoms with van der Waals surface area (Å²) < 4.78 is 10.8. The Morgan fingerprint density at radius 1 is 1.47 bits per heavy atom. The van der Waals surface area contributed by atoms with Crippen molar-refractivity contribution >= 4 is 21.9 Å². The van der Waals surface area contributed by atoms with E-state index < -0.39 is 0 Å². The van der Waals surface area contributed by atoms with Crippen LogP contribution in [-0.4, -0.2) is 19.7 Å². The summed E-state index contributed by atoms with van der Waals surface area (Å²) in [5.41, 5.74) is 1.43. The van der Waals surface area contributed by atoms with Gasteiger partial charge in [0.25, 0.3) is 0 Å². The quantitative estimate of drug-likeness (QED) is 0.794. The largest absolute Gasteiger partial charge is 0.495 e. The first-order valence-electron chi connectivity index (χ1n) is 4.61. The molecule has 0 aliphatic rings. The van der Waals surface area contributed by atoms with Crippen molar-refractivity contribution in [3.05, 3.63) is 27.7 Å². The van der Waals surface area contributed by atoms with E-state index in [2.05, 4.69) is 15.9 Å². The van der Waals surface area contributed by atoms with Crippen molar-refractivity contribution < 1.29 is 14.3 Å². The molecule has 15 heavy (non-hydrogen) atoms. The van der Waals surface area contributed by atoms with Gasteiger partial charge in [0.1, 0.15) is 5.75 Å². The van der Waals surface area contributed by atoms with Crippen molar-refractivity contribution in [3.63, 3.8) is 0 Å². The Morgan fingerprint density at radius 3 is 2.60 bits per heavy atom. The fourth-order valence-corrected chi connectivity index (χ4v) is 2.04. The van der Waals surface area contributed by atoms with Gasteiger partial charge < -0.3 is 9.47 Å². The Hall–Kier alpha value is -1.03. The molecular weight excluding hydrogens is 260 g/mol. The van der Waals surface area contributed by atoms with Crippen LogP contribution in [0.3, 0.4) is 0 Å². The summed E-state index contributed by atoms with van der Waals surface area (Å²) in [6, 6.07) is 3.45. The number of esters is 1. The van der Waals surface area contributed by atoms with Crippen LogP contribution in [0.2, 0.25) is 0 Å². The third kappa shape index (κ3) is 2.72. The number of halogens is 1. The number of methoxy groups -OCH3 is 1. The van der Waals surface area contributed by atoms with Gasteiger partial charge in [-0.15, -0.1) is 0 Å². The Kier molecular flexibility index (Phi) is 4.15. The summed E-state index contributed by atoms with van der Waals surface area (Å²) in [5, 5.41) is 0. The monoisotopic (exact) mass is 272 g/mol. The van der Waals surface area contributed by atoms with Crippen molar-refractivity contribution in [2.75, 3.05) is 13.7 Å². The lowest BCUT2D eigenvalue weighted by atomic mass is 10.1. The predicted molar refractivity (Wildman–Crippen MR) is 61.4 cm³/mol. The van der Waals surface area contributed by atoms with Gasteiger partial charge in [0.15, 0.2) is 0 Å². The summed E-state index contributed by atoms with van der Waals surface area (Å²) in [5.74, 6) is 0.423. The normalized spacial score (nSPS) is 9.87. The predicted octanol–water partition coefficient (Wildman–Crippen LogP) is 2.94. The minimum atomic E-state index is -0.316. The summed E-state index contributed by atoms with van der Waals surface area (Å²) in [6.45, 7) is 4.04. The molecule has 0 aliphatic carbocycles. The molecule has 82 valence electrons. The second-order valence-corrected chi connectivity index (χ2v) is 3.88. The molecule has 1 rings (SSSR count). The van der Waals surface area contributed by atoms with Gasteiger partial charge >= 0.3 is 5.97 Å². The fraction of sp³-hybridized carbons (Fsp3) is 0.364. The van der Waals surface area contributed by atoms with Crippen molar-refractivity contribution in [1.82, 2.24) is 0 Å². The lowest BCUT2D eigenvalue weighted by Gasteiger charge is -2.09. The second kappa shape index (κ2) is 5.16. The molecule has 4 heteroatoms. The smallest absolute Gasteiger partial charge is 0.338 e. The maximum absolute atomic E-state index is 11.5. The first kappa shape index (κ1) is 12.0. The Balaban J connectivity index is 3.08. The standard InChI is InChI=1S/C11H13BrO3/c1-4-15-11(13)8-5-7(2)10(14-3)9(12)6-8/h5-6H,4H2,1-3H3. The van der Waals surface area contributed by atoms with Gasteiger partial charge in [-0.1, -0.05) is 0 Å². The first-order valence-corrected chi connectivity index (χ1v) is 5.40. The molecule has 0 unspecified atom stereocenters. The van der Waals surface area contributed by atoms with E-state index in [4.69, 9.17) is 9.47 Å². The molecule has 0 spiro atoms. The van der Waals surface area contributed by atoms with Crippen LogP contribution in [0.4, 0.5) is 0 Å². The summed E-state index contributed by atoms with van der Waals surface area (Å²) in [7, 11) is 1.59. The van der Waals surface area contributed by atoms with Crippen molar-refractivity contribution in [2.45, 2.75) is 13.8 Å². The minimum Gasteiger partial charge on any atom is -0.495 e. The fourth-order valence-electron chi connectivity index (χ4n) is 1.32. The lowest BCUT2D eigenvalue weighted by molar-refractivity contribution is 0.0526. The second-order valence-electron chi connectivity index (χ2n) is 3.03. The van der Waals surface area contributed by atoms with Crippen molar-refractivity contribution in [2.24, 2.45) is 0 Å². The third-order valence-electron chi connectivity index (χ3n) is 1.94. The zero-order valence-electron chi connectivity index (χ0n) is 8.96. The Bertz CT molecular complexity index is 351. The van der Waals surface area contributed by atoms with E-state index in [0.717, 1.165) is 15.8 Å². The highest BCUT2D eigenvalue weighted by molar-refractivity contribution is 9.10. The van der Waals surface area contributed by atoms with Gasteiger partial charge in [-0.25, -0.2) is 4.79 Å². The number of hydrogen-bond donors (Lipinski definition) is 0. The van der Waals surface area contributed by atoms with E-state index >= 15 is 0 Å². The molecule has 0 amide bonds. The van der Waals surface area contributed by atoms with E-state index in [1.54, 1.807) is 26.2 Å². The lowest BCUT2D eigenvalue weighted by Crippen LogP contribution is -2.05. The van der Waals surface area contributed by atoms with Gasteiger partial charge in [-0.05, 0) is 47.5 Å². The molecule has 0 heterocycles. The molecule has 0 atom stereocenters. The van der Waals surface area contributed by atoms with Gasteiger partial charge in [-0.3, -0.25) is 0 Å². The highest BCUT2D eigenvalue weighted by Gasteiger charge is 2.12. The summed E-state index contributed by atoms with van der Waals surface area (Å²) in [6.07, 6.45) is 0. The van der Waals surface area contributed by atoms with Crippen LogP contribution in [0.15, 0.2) is 16.6 Å². The maximum atomic E-state index is 11.5. The molecule has 3 nitrogen and oxygen atoms in total. The molecule has 1 aromatic rings. The molecule has 1 aromatic carbocycles. The van der Waals surface area contributed by atoms with Crippen LogP contribution in [0, 0.1) is 6.92 Å². The zero-order chi connectivity index (χ0) is 11.4. The number of hydrogen-bond acceptors (Lipinski definition) is 3. The number of ether oxygens (including phenoxy) is 2.